The maximum absolute atomic E-state index is 7.17. The van der Waals surface area contributed by atoms with Gasteiger partial charge in [0.05, 0.1) is 13.6 Å². The summed E-state index contributed by atoms with van der Waals surface area (Å²) in [6.07, 6.45) is 14.6. The molecule has 5 nitrogen and oxygen atoms in total. The van der Waals surface area contributed by atoms with Crippen LogP contribution in [0.1, 0.15) is 45.4 Å². The summed E-state index contributed by atoms with van der Waals surface area (Å²) in [6.45, 7) is 3.44. The number of aryl methyl sites for hydroxylation is 2. The van der Waals surface area contributed by atoms with Crippen LogP contribution in [0.25, 0.3) is 0 Å². The Hall–Kier alpha value is -1.13. The van der Waals surface area contributed by atoms with Crippen molar-refractivity contribution in [1.82, 2.24) is 4.57 Å². The summed E-state index contributed by atoms with van der Waals surface area (Å²) in [6, 6.07) is 0. The van der Waals surface area contributed by atoms with E-state index in [-0.39, 0.29) is 18.8 Å². The van der Waals surface area contributed by atoms with Gasteiger partial charge in [0.25, 0.3) is 0 Å². The van der Waals surface area contributed by atoms with Gasteiger partial charge in [-0.15, -0.1) is 0 Å². The van der Waals surface area contributed by atoms with Crippen LogP contribution in [0.2, 0.25) is 0 Å². The van der Waals surface area contributed by atoms with Gasteiger partial charge in [-0.3, -0.25) is 18.8 Å². The van der Waals surface area contributed by atoms with E-state index >= 15 is 0 Å². The van der Waals surface area contributed by atoms with E-state index in [2.05, 4.69) is 41.8 Å². The van der Waals surface area contributed by atoms with E-state index in [9.17, 15) is 0 Å². The molecule has 1 rings (SSSR count). The maximum atomic E-state index is 7.17. The van der Waals surface area contributed by atoms with Crippen molar-refractivity contribution < 1.29 is 38.5 Å². The van der Waals surface area contributed by atoms with E-state index in [4.69, 9.17) is 15.1 Å². The summed E-state index contributed by atoms with van der Waals surface area (Å²) in [7, 11) is -0.0995. The van der Waals surface area contributed by atoms with Gasteiger partial charge in [0.2, 0.25) is 6.33 Å². The second-order valence-corrected chi connectivity index (χ2v) is 4.43. The van der Waals surface area contributed by atoms with Crippen LogP contribution in [0.3, 0.4) is 0 Å². The van der Waals surface area contributed by atoms with Gasteiger partial charge < -0.3 is 15.1 Å². The smallest absolute Gasteiger partial charge is 0.402 e. The van der Waals surface area contributed by atoms with Crippen molar-refractivity contribution in [3.63, 3.8) is 0 Å². The Kier molecular flexibility index (Phi) is 33.0. The number of halogens is 4. The normalized spacial score (nSPS) is 8.05. The molecular formula is C12H30BF4N2O3+. The summed E-state index contributed by atoms with van der Waals surface area (Å²) >= 11 is 0. The van der Waals surface area contributed by atoms with Crippen LogP contribution in [-0.2, 0) is 13.6 Å². The highest BCUT2D eigenvalue weighted by atomic mass is 19.0. The number of nitrogens with zero attached hydrogens (tertiary/aromatic N) is 2. The summed E-state index contributed by atoms with van der Waals surface area (Å²) < 4.78 is 4.36. The van der Waals surface area contributed by atoms with Crippen LogP contribution in [0.15, 0.2) is 18.7 Å². The van der Waals surface area contributed by atoms with Gasteiger partial charge in [-0.25, -0.2) is 9.13 Å². The minimum Gasteiger partial charge on any atom is -0.402 e. The lowest BCUT2D eigenvalue weighted by molar-refractivity contribution is -0.671. The number of hydrogen-bond donors (Lipinski definition) is 3. The first-order chi connectivity index (χ1) is 8.56. The second kappa shape index (κ2) is 22.2. The SMILES string of the molecule is CCCCCCCCn1cc[n+](C)c1.F.F.F.F.OB(O)O. The number of imidazole rings is 1. The van der Waals surface area contributed by atoms with Gasteiger partial charge in [0, 0.05) is 0 Å². The molecule has 0 aliphatic heterocycles. The first-order valence-electron chi connectivity index (χ1n) is 6.61. The number of aromatic nitrogens is 2. The number of rotatable bonds is 7. The Morgan fingerprint density at radius 3 is 1.77 bits per heavy atom. The molecule has 10 heteroatoms. The molecule has 1 aromatic rings. The highest BCUT2D eigenvalue weighted by Gasteiger charge is 1.98. The second-order valence-electron chi connectivity index (χ2n) is 4.43. The first-order valence-corrected chi connectivity index (χ1v) is 6.61. The van der Waals surface area contributed by atoms with Crippen molar-refractivity contribution in [2.45, 2.75) is 52.0 Å². The van der Waals surface area contributed by atoms with Crippen molar-refractivity contribution >= 4 is 7.32 Å². The Balaban J connectivity index is -0.000000109. The Morgan fingerprint density at radius 1 is 0.909 bits per heavy atom. The molecule has 0 spiro atoms. The molecule has 3 N–H and O–H groups in total. The number of unbranched alkanes of at least 4 members (excludes halogenated alkanes) is 5. The van der Waals surface area contributed by atoms with Gasteiger partial charge in [-0.1, -0.05) is 32.6 Å². The van der Waals surface area contributed by atoms with Crippen LogP contribution in [0.5, 0.6) is 0 Å². The van der Waals surface area contributed by atoms with E-state index in [1.807, 2.05) is 0 Å². The standard InChI is InChI=1S/C12H23N2.BH3O3.4FH/c1-3-4-5-6-7-8-9-14-11-10-13(2)12-14;2-1(3)4;;;;/h10-12H,3-9H2,1-2H3;2-4H;4*1H/q+1;;;;;. The van der Waals surface area contributed by atoms with Gasteiger partial charge in [-0.2, -0.15) is 0 Å². The lowest BCUT2D eigenvalue weighted by Crippen LogP contribution is -2.23. The molecule has 0 radical (unpaired) electrons. The van der Waals surface area contributed by atoms with Crippen molar-refractivity contribution in [2.75, 3.05) is 0 Å². The van der Waals surface area contributed by atoms with Gasteiger partial charge in [-0.05, 0) is 12.8 Å². The van der Waals surface area contributed by atoms with Crippen molar-refractivity contribution in [2.24, 2.45) is 7.05 Å². The predicted molar refractivity (Wildman–Crippen MR) is 81.4 cm³/mol. The maximum Gasteiger partial charge on any atom is 0.631 e. The summed E-state index contributed by atoms with van der Waals surface area (Å²) in [4.78, 5) is 0. The first kappa shape index (κ1) is 32.7. The molecule has 0 saturated carbocycles. The highest BCUT2D eigenvalue weighted by molar-refractivity contribution is 6.30. The van der Waals surface area contributed by atoms with Gasteiger partial charge in [0.1, 0.15) is 12.4 Å². The average Bonchev–Trinajstić information content (AvgIpc) is 2.69. The summed E-state index contributed by atoms with van der Waals surface area (Å²) in [5, 5.41) is 21.5. The Labute approximate surface area is 129 Å². The van der Waals surface area contributed by atoms with Crippen LogP contribution < -0.4 is 4.57 Å². The third-order valence-corrected chi connectivity index (χ3v) is 2.59. The third kappa shape index (κ3) is 23.9. The average molecular weight is 337 g/mol. The largest absolute Gasteiger partial charge is 0.631 e. The van der Waals surface area contributed by atoms with Crippen LogP contribution in [-0.4, -0.2) is 27.0 Å². The molecule has 0 aromatic carbocycles. The molecule has 0 fully saturated rings. The third-order valence-electron chi connectivity index (χ3n) is 2.59. The summed E-state index contributed by atoms with van der Waals surface area (Å²) in [5.41, 5.74) is 0. The Morgan fingerprint density at radius 2 is 1.36 bits per heavy atom. The molecule has 136 valence electrons. The van der Waals surface area contributed by atoms with E-state index < -0.39 is 7.32 Å². The fourth-order valence-corrected chi connectivity index (χ4v) is 1.71. The summed E-state index contributed by atoms with van der Waals surface area (Å²) in [5.74, 6) is 0. The lowest BCUT2D eigenvalue weighted by atomic mass is 10.1. The van der Waals surface area contributed by atoms with E-state index in [0.717, 1.165) is 0 Å². The minimum atomic E-state index is -2.17. The molecule has 0 aliphatic carbocycles. The molecular weight excluding hydrogens is 307 g/mol. The van der Waals surface area contributed by atoms with Crippen LogP contribution in [0, 0.1) is 0 Å². The molecule has 0 amide bonds. The quantitative estimate of drug-likeness (QED) is 0.303. The van der Waals surface area contributed by atoms with Crippen LogP contribution >= 0.6 is 0 Å². The van der Waals surface area contributed by atoms with E-state index in [1.165, 1.54) is 45.1 Å². The van der Waals surface area contributed by atoms with Gasteiger partial charge >= 0.3 is 7.32 Å². The highest BCUT2D eigenvalue weighted by Crippen LogP contribution is 2.05. The molecule has 0 atom stereocenters. The Bertz CT molecular complexity index is 305. The molecule has 0 aliphatic rings. The van der Waals surface area contributed by atoms with Crippen LogP contribution in [0.4, 0.5) is 18.8 Å². The zero-order chi connectivity index (χ0) is 13.8. The molecule has 1 heterocycles. The van der Waals surface area contributed by atoms with Crippen molar-refractivity contribution in [1.29, 1.82) is 0 Å². The fourth-order valence-electron chi connectivity index (χ4n) is 1.71. The number of hydrogen-bond acceptors (Lipinski definition) is 3. The topological polar surface area (TPSA) is 69.5 Å². The van der Waals surface area contributed by atoms with Crippen molar-refractivity contribution in [3.8, 4) is 0 Å². The molecule has 0 bridgehead atoms. The molecule has 0 saturated heterocycles. The zero-order valence-corrected chi connectivity index (χ0v) is 13.1. The fraction of sp³-hybridized carbons (Fsp3) is 0.750. The van der Waals surface area contributed by atoms with E-state index in [0.29, 0.717) is 0 Å². The predicted octanol–water partition coefficient (Wildman–Crippen LogP) is 1.23. The minimum absolute atomic E-state index is 0. The zero-order valence-electron chi connectivity index (χ0n) is 13.1. The van der Waals surface area contributed by atoms with E-state index in [1.54, 1.807) is 0 Å². The van der Waals surface area contributed by atoms with Crippen molar-refractivity contribution in [3.05, 3.63) is 18.7 Å². The van der Waals surface area contributed by atoms with Gasteiger partial charge in [0.15, 0.2) is 0 Å². The molecule has 22 heavy (non-hydrogen) atoms. The molecule has 0 unspecified atom stereocenters. The monoisotopic (exact) mass is 337 g/mol. The molecule has 1 aromatic heterocycles. The lowest BCUT2D eigenvalue weighted by Gasteiger charge is -1.98.